The number of carbonyl (C=O) groups excluding carboxylic acids is 1. The summed E-state index contributed by atoms with van der Waals surface area (Å²) in [7, 11) is 0. The van der Waals surface area contributed by atoms with Crippen molar-refractivity contribution in [2.24, 2.45) is 0 Å². The van der Waals surface area contributed by atoms with Crippen molar-refractivity contribution < 1.29 is 18.0 Å². The molecule has 4 nitrogen and oxygen atoms in total. The van der Waals surface area contributed by atoms with Gasteiger partial charge in [-0.05, 0) is 50.3 Å². The second kappa shape index (κ2) is 8.17. The van der Waals surface area contributed by atoms with Crippen molar-refractivity contribution in [1.82, 2.24) is 15.1 Å². The summed E-state index contributed by atoms with van der Waals surface area (Å²) >= 11 is 5.87. The molecule has 2 aromatic rings. The van der Waals surface area contributed by atoms with Crippen LogP contribution < -0.4 is 5.32 Å². The Morgan fingerprint density at radius 3 is 2.78 bits per heavy atom. The van der Waals surface area contributed by atoms with Crippen LogP contribution in [0.15, 0.2) is 42.1 Å². The number of alkyl halides is 3. The highest BCUT2D eigenvalue weighted by molar-refractivity contribution is 6.30. The second-order valence-electron chi connectivity index (χ2n) is 6.41. The van der Waals surface area contributed by atoms with E-state index in [0.29, 0.717) is 17.6 Å². The number of aromatic nitrogens is 2. The summed E-state index contributed by atoms with van der Waals surface area (Å²) in [5.41, 5.74) is -0.229. The number of nitrogens with one attached hydrogen (secondary N) is 1. The molecule has 1 heterocycles. The van der Waals surface area contributed by atoms with E-state index >= 15 is 0 Å². The van der Waals surface area contributed by atoms with E-state index in [1.807, 2.05) is 0 Å². The summed E-state index contributed by atoms with van der Waals surface area (Å²) in [5, 5.41) is 6.63. The fourth-order valence-corrected chi connectivity index (χ4v) is 3.34. The van der Waals surface area contributed by atoms with Crippen molar-refractivity contribution in [2.75, 3.05) is 6.54 Å². The van der Waals surface area contributed by atoms with Crippen LogP contribution in [-0.4, -0.2) is 22.2 Å². The molecule has 0 atom stereocenters. The van der Waals surface area contributed by atoms with Crippen molar-refractivity contribution in [1.29, 1.82) is 0 Å². The Balaban J connectivity index is 1.80. The smallest absolute Gasteiger partial charge is 0.352 e. The van der Waals surface area contributed by atoms with Crippen LogP contribution in [0.2, 0.25) is 5.02 Å². The fourth-order valence-electron chi connectivity index (χ4n) is 3.15. The molecule has 8 heteroatoms. The third-order valence-electron chi connectivity index (χ3n) is 4.45. The molecule has 0 bridgehead atoms. The van der Waals surface area contributed by atoms with Gasteiger partial charge in [0.2, 0.25) is 0 Å². The molecule has 1 N–H and O–H groups in total. The lowest BCUT2D eigenvalue weighted by Crippen LogP contribution is -2.27. The summed E-state index contributed by atoms with van der Waals surface area (Å²) in [6.45, 7) is 0.296. The molecular weight excluding hydrogens is 379 g/mol. The predicted octanol–water partition coefficient (Wildman–Crippen LogP) is 5.16. The predicted molar refractivity (Wildman–Crippen MR) is 97.1 cm³/mol. The van der Waals surface area contributed by atoms with E-state index in [9.17, 15) is 18.0 Å². The van der Waals surface area contributed by atoms with E-state index in [4.69, 9.17) is 11.6 Å². The largest absolute Gasteiger partial charge is 0.434 e. The maximum absolute atomic E-state index is 13.6. The normalized spacial score (nSPS) is 14.7. The summed E-state index contributed by atoms with van der Waals surface area (Å²) in [6, 6.07) is 5.89. The molecule has 0 fully saturated rings. The first-order chi connectivity index (χ1) is 12.9. The summed E-state index contributed by atoms with van der Waals surface area (Å²) in [4.78, 5) is 12.4. The van der Waals surface area contributed by atoms with Crippen molar-refractivity contribution in [2.45, 2.75) is 38.3 Å². The van der Waals surface area contributed by atoms with Crippen molar-refractivity contribution in [3.63, 3.8) is 0 Å². The average Bonchev–Trinajstić information content (AvgIpc) is 3.08. The molecule has 1 aromatic carbocycles. The number of benzene rings is 1. The van der Waals surface area contributed by atoms with Gasteiger partial charge in [-0.1, -0.05) is 29.3 Å². The molecule has 1 amide bonds. The zero-order chi connectivity index (χ0) is 19.4. The maximum atomic E-state index is 13.6. The van der Waals surface area contributed by atoms with Crippen molar-refractivity contribution >= 4 is 17.5 Å². The molecule has 0 spiro atoms. The summed E-state index contributed by atoms with van der Waals surface area (Å²) in [5.74, 6) is -0.785. The van der Waals surface area contributed by atoms with Gasteiger partial charge in [0.15, 0.2) is 5.69 Å². The number of nitrogens with zero attached hydrogens (tertiary/aromatic N) is 2. The molecule has 144 valence electrons. The van der Waals surface area contributed by atoms with Gasteiger partial charge in [-0.15, -0.1) is 0 Å². The highest BCUT2D eigenvalue weighted by Gasteiger charge is 2.40. The van der Waals surface area contributed by atoms with Gasteiger partial charge in [-0.3, -0.25) is 4.79 Å². The summed E-state index contributed by atoms with van der Waals surface area (Å²) < 4.78 is 41.6. The Morgan fingerprint density at radius 1 is 1.30 bits per heavy atom. The van der Waals surface area contributed by atoms with E-state index in [2.05, 4.69) is 16.5 Å². The molecular formula is C19H19ClF3N3O. The Kier molecular flexibility index (Phi) is 5.89. The number of rotatable bonds is 5. The van der Waals surface area contributed by atoms with Gasteiger partial charge in [0.25, 0.3) is 5.91 Å². The standard InChI is InChI=1S/C19H19ClF3N3O/c20-14-7-4-8-15(11-14)26-17(19(21,22)23)16(12-25-26)18(27)24-10-9-13-5-2-1-3-6-13/h4-5,7-8,11-12H,1-3,6,9-10H2,(H,24,27). The first-order valence-electron chi connectivity index (χ1n) is 8.73. The first-order valence-corrected chi connectivity index (χ1v) is 9.11. The monoisotopic (exact) mass is 397 g/mol. The van der Waals surface area contributed by atoms with Crippen LogP contribution >= 0.6 is 11.6 Å². The van der Waals surface area contributed by atoms with Gasteiger partial charge in [0.05, 0.1) is 17.4 Å². The molecule has 0 saturated carbocycles. The zero-order valence-corrected chi connectivity index (χ0v) is 15.3. The quantitative estimate of drug-likeness (QED) is 0.708. The number of hydrogen-bond donors (Lipinski definition) is 1. The molecule has 0 radical (unpaired) electrons. The third-order valence-corrected chi connectivity index (χ3v) is 4.69. The van der Waals surface area contributed by atoms with Crippen LogP contribution in [0.25, 0.3) is 5.69 Å². The fraction of sp³-hybridized carbons (Fsp3) is 0.368. The van der Waals surface area contributed by atoms with E-state index in [1.54, 1.807) is 6.07 Å². The molecule has 3 rings (SSSR count). The summed E-state index contributed by atoms with van der Waals surface area (Å²) in [6.07, 6.45) is 3.28. The van der Waals surface area contributed by atoms with E-state index < -0.39 is 23.3 Å². The Bertz CT molecular complexity index is 858. The van der Waals surface area contributed by atoms with Crippen LogP contribution in [-0.2, 0) is 6.18 Å². The first kappa shape index (κ1) is 19.5. The van der Waals surface area contributed by atoms with Crippen molar-refractivity contribution in [3.8, 4) is 5.69 Å². The number of carbonyl (C=O) groups is 1. The third kappa shape index (κ3) is 4.71. The highest BCUT2D eigenvalue weighted by atomic mass is 35.5. The molecule has 0 saturated heterocycles. The van der Waals surface area contributed by atoms with Gasteiger partial charge < -0.3 is 5.32 Å². The van der Waals surface area contributed by atoms with Gasteiger partial charge in [-0.25, -0.2) is 4.68 Å². The lowest BCUT2D eigenvalue weighted by molar-refractivity contribution is -0.143. The van der Waals surface area contributed by atoms with Crippen LogP contribution in [0.3, 0.4) is 0 Å². The molecule has 1 aromatic heterocycles. The van der Waals surface area contributed by atoms with E-state index in [0.717, 1.165) is 31.9 Å². The maximum Gasteiger partial charge on any atom is 0.434 e. The number of amides is 1. The van der Waals surface area contributed by atoms with E-state index in [1.165, 1.54) is 23.8 Å². The zero-order valence-electron chi connectivity index (χ0n) is 14.5. The minimum absolute atomic E-state index is 0.140. The Hall–Kier alpha value is -2.28. The van der Waals surface area contributed by atoms with Gasteiger partial charge in [-0.2, -0.15) is 18.3 Å². The molecule has 1 aliphatic rings. The van der Waals surface area contributed by atoms with Crippen LogP contribution in [0.5, 0.6) is 0 Å². The van der Waals surface area contributed by atoms with E-state index in [-0.39, 0.29) is 10.7 Å². The lowest BCUT2D eigenvalue weighted by Gasteiger charge is -2.14. The molecule has 0 aliphatic heterocycles. The number of halogens is 4. The SMILES string of the molecule is O=C(NCCC1=CCCCC1)c1cnn(-c2cccc(Cl)c2)c1C(F)(F)F. The number of allylic oxidation sites excluding steroid dienone is 1. The van der Waals surface area contributed by atoms with Gasteiger partial charge in [0, 0.05) is 11.6 Å². The number of hydrogen-bond acceptors (Lipinski definition) is 2. The topological polar surface area (TPSA) is 46.9 Å². The Labute approximate surface area is 160 Å². The minimum atomic E-state index is -4.74. The van der Waals surface area contributed by atoms with Crippen LogP contribution in [0, 0.1) is 0 Å². The lowest BCUT2D eigenvalue weighted by atomic mass is 9.97. The van der Waals surface area contributed by atoms with Crippen LogP contribution in [0.1, 0.15) is 48.2 Å². The highest BCUT2D eigenvalue weighted by Crippen LogP contribution is 2.34. The minimum Gasteiger partial charge on any atom is -0.352 e. The van der Waals surface area contributed by atoms with Gasteiger partial charge in [0.1, 0.15) is 0 Å². The average molecular weight is 398 g/mol. The van der Waals surface area contributed by atoms with Crippen LogP contribution in [0.4, 0.5) is 13.2 Å². The van der Waals surface area contributed by atoms with Crippen molar-refractivity contribution in [3.05, 3.63) is 58.4 Å². The molecule has 0 unspecified atom stereocenters. The Morgan fingerprint density at radius 2 is 2.11 bits per heavy atom. The second-order valence-corrected chi connectivity index (χ2v) is 6.85. The molecule has 27 heavy (non-hydrogen) atoms. The van der Waals surface area contributed by atoms with Gasteiger partial charge >= 0.3 is 6.18 Å². The molecule has 1 aliphatic carbocycles.